The van der Waals surface area contributed by atoms with Gasteiger partial charge in [-0.2, -0.15) is 0 Å². The fourth-order valence-corrected chi connectivity index (χ4v) is 1.76. The van der Waals surface area contributed by atoms with Crippen molar-refractivity contribution in [3.8, 4) is 5.75 Å². The first-order valence-corrected chi connectivity index (χ1v) is 6.35. The minimum Gasteiger partial charge on any atom is -0.497 e. The van der Waals surface area contributed by atoms with Crippen molar-refractivity contribution in [1.82, 2.24) is 5.32 Å². The van der Waals surface area contributed by atoms with E-state index in [0.717, 1.165) is 17.1 Å². The summed E-state index contributed by atoms with van der Waals surface area (Å²) in [6, 6.07) is 10.9. The average molecular weight is 271 g/mol. The highest BCUT2D eigenvalue weighted by atomic mass is 16.5. The van der Waals surface area contributed by atoms with E-state index in [4.69, 9.17) is 9.15 Å². The van der Waals surface area contributed by atoms with E-state index in [1.165, 1.54) is 6.08 Å². The monoisotopic (exact) mass is 271 g/mol. The Kier molecular flexibility index (Phi) is 4.60. The van der Waals surface area contributed by atoms with Crippen molar-refractivity contribution >= 4 is 12.0 Å². The molecule has 0 saturated carbocycles. The van der Waals surface area contributed by atoms with Crippen molar-refractivity contribution < 1.29 is 13.9 Å². The Labute approximate surface area is 118 Å². The van der Waals surface area contributed by atoms with Gasteiger partial charge in [0.05, 0.1) is 19.4 Å². The van der Waals surface area contributed by atoms with Crippen molar-refractivity contribution in [2.45, 2.75) is 13.0 Å². The summed E-state index contributed by atoms with van der Waals surface area (Å²) in [5, 5.41) is 2.83. The summed E-state index contributed by atoms with van der Waals surface area (Å²) in [5.41, 5.74) is 0.937. The van der Waals surface area contributed by atoms with Gasteiger partial charge in [0.25, 0.3) is 0 Å². The quantitative estimate of drug-likeness (QED) is 0.850. The lowest BCUT2D eigenvalue weighted by Gasteiger charge is -2.08. The van der Waals surface area contributed by atoms with Gasteiger partial charge in [0.2, 0.25) is 5.91 Å². The molecule has 1 N–H and O–H groups in total. The van der Waals surface area contributed by atoms with Gasteiger partial charge in [0.15, 0.2) is 0 Å². The summed E-state index contributed by atoms with van der Waals surface area (Å²) >= 11 is 0. The van der Waals surface area contributed by atoms with Gasteiger partial charge in [0, 0.05) is 6.08 Å². The molecule has 1 aromatic carbocycles. The van der Waals surface area contributed by atoms with Gasteiger partial charge in [-0.05, 0) is 42.8 Å². The van der Waals surface area contributed by atoms with Crippen LogP contribution < -0.4 is 10.1 Å². The maximum Gasteiger partial charge on any atom is 0.244 e. The molecule has 1 heterocycles. The van der Waals surface area contributed by atoms with Gasteiger partial charge in [-0.15, -0.1) is 0 Å². The number of carbonyl (C=O) groups is 1. The number of methoxy groups -OCH3 is 1. The van der Waals surface area contributed by atoms with Crippen LogP contribution in [0, 0.1) is 0 Å². The Bertz CT molecular complexity index is 570. The lowest BCUT2D eigenvalue weighted by atomic mass is 10.2. The van der Waals surface area contributed by atoms with Crippen molar-refractivity contribution in [2.24, 2.45) is 0 Å². The number of carbonyl (C=O) groups excluding carboxylic acids is 1. The van der Waals surface area contributed by atoms with E-state index >= 15 is 0 Å². The first-order chi connectivity index (χ1) is 9.69. The summed E-state index contributed by atoms with van der Waals surface area (Å²) in [7, 11) is 1.62. The first kappa shape index (κ1) is 13.9. The fourth-order valence-electron chi connectivity index (χ4n) is 1.76. The minimum atomic E-state index is -0.162. The molecule has 1 atom stereocenters. The number of ether oxygens (including phenoxy) is 1. The maximum atomic E-state index is 11.8. The largest absolute Gasteiger partial charge is 0.497 e. The number of amides is 1. The van der Waals surface area contributed by atoms with E-state index in [0.29, 0.717) is 0 Å². The van der Waals surface area contributed by atoms with Gasteiger partial charge in [-0.25, -0.2) is 0 Å². The van der Waals surface area contributed by atoms with Gasteiger partial charge in [-0.3, -0.25) is 4.79 Å². The molecule has 0 aliphatic carbocycles. The second-order valence-electron chi connectivity index (χ2n) is 4.35. The third-order valence-corrected chi connectivity index (χ3v) is 2.87. The standard InChI is InChI=1S/C16H17NO3/c1-12(15-4-3-11-20-15)17-16(18)10-7-13-5-8-14(19-2)9-6-13/h3-12H,1-2H3,(H,17,18)/b10-7+/t12-/m0/s1. The Hall–Kier alpha value is -2.49. The number of rotatable bonds is 5. The number of furan rings is 1. The van der Waals surface area contributed by atoms with E-state index in [9.17, 15) is 4.79 Å². The van der Waals surface area contributed by atoms with Crippen molar-refractivity contribution in [1.29, 1.82) is 0 Å². The normalized spacial score (nSPS) is 12.3. The van der Waals surface area contributed by atoms with Crippen molar-refractivity contribution in [3.05, 3.63) is 60.1 Å². The molecular weight excluding hydrogens is 254 g/mol. The molecule has 0 saturated heterocycles. The van der Waals surface area contributed by atoms with Gasteiger partial charge in [0.1, 0.15) is 11.5 Å². The average Bonchev–Trinajstić information content (AvgIpc) is 3.00. The lowest BCUT2D eigenvalue weighted by molar-refractivity contribution is -0.117. The van der Waals surface area contributed by atoms with Crippen LogP contribution >= 0.6 is 0 Å². The second-order valence-corrected chi connectivity index (χ2v) is 4.35. The SMILES string of the molecule is COc1ccc(/C=C/C(=O)N[C@@H](C)c2ccco2)cc1. The molecule has 104 valence electrons. The van der Waals surface area contributed by atoms with Crippen LogP contribution in [0.2, 0.25) is 0 Å². The molecule has 4 heteroatoms. The molecular formula is C16H17NO3. The predicted molar refractivity (Wildman–Crippen MR) is 77.3 cm³/mol. The van der Waals surface area contributed by atoms with Crippen LogP contribution in [-0.4, -0.2) is 13.0 Å². The first-order valence-electron chi connectivity index (χ1n) is 6.35. The summed E-state index contributed by atoms with van der Waals surface area (Å²) in [6.45, 7) is 1.87. The van der Waals surface area contributed by atoms with Crippen LogP contribution in [-0.2, 0) is 4.79 Å². The molecule has 0 aliphatic heterocycles. The number of nitrogens with one attached hydrogen (secondary N) is 1. The third-order valence-electron chi connectivity index (χ3n) is 2.87. The molecule has 4 nitrogen and oxygen atoms in total. The third kappa shape index (κ3) is 3.75. The van der Waals surface area contributed by atoms with Gasteiger partial charge >= 0.3 is 0 Å². The van der Waals surface area contributed by atoms with E-state index in [1.807, 2.05) is 37.3 Å². The van der Waals surface area contributed by atoms with Crippen LogP contribution in [0.25, 0.3) is 6.08 Å². The Morgan fingerprint density at radius 1 is 1.30 bits per heavy atom. The molecule has 2 aromatic rings. The predicted octanol–water partition coefficient (Wildman–Crippen LogP) is 3.18. The van der Waals surface area contributed by atoms with Crippen LogP contribution in [0.1, 0.15) is 24.3 Å². The van der Waals surface area contributed by atoms with E-state index in [2.05, 4.69) is 5.32 Å². The number of hydrogen-bond donors (Lipinski definition) is 1. The molecule has 2 rings (SSSR count). The Morgan fingerprint density at radius 2 is 2.05 bits per heavy atom. The molecule has 20 heavy (non-hydrogen) atoms. The highest BCUT2D eigenvalue weighted by Gasteiger charge is 2.09. The molecule has 1 amide bonds. The lowest BCUT2D eigenvalue weighted by Crippen LogP contribution is -2.24. The molecule has 0 unspecified atom stereocenters. The number of benzene rings is 1. The summed E-state index contributed by atoms with van der Waals surface area (Å²) < 4.78 is 10.3. The molecule has 0 radical (unpaired) electrons. The maximum absolute atomic E-state index is 11.8. The molecule has 0 aliphatic rings. The highest BCUT2D eigenvalue weighted by Crippen LogP contribution is 2.13. The van der Waals surface area contributed by atoms with E-state index in [-0.39, 0.29) is 11.9 Å². The van der Waals surface area contributed by atoms with Crippen LogP contribution in [0.4, 0.5) is 0 Å². The fraction of sp³-hybridized carbons (Fsp3) is 0.188. The van der Waals surface area contributed by atoms with Gasteiger partial charge in [-0.1, -0.05) is 12.1 Å². The highest BCUT2D eigenvalue weighted by molar-refractivity contribution is 5.91. The zero-order valence-corrected chi connectivity index (χ0v) is 11.5. The van der Waals surface area contributed by atoms with Crippen LogP contribution in [0.5, 0.6) is 5.75 Å². The number of hydrogen-bond acceptors (Lipinski definition) is 3. The molecule has 0 spiro atoms. The smallest absolute Gasteiger partial charge is 0.244 e. The zero-order valence-electron chi connectivity index (χ0n) is 11.5. The van der Waals surface area contributed by atoms with E-state index < -0.39 is 0 Å². The Morgan fingerprint density at radius 3 is 2.65 bits per heavy atom. The molecule has 1 aromatic heterocycles. The van der Waals surface area contributed by atoms with Crippen LogP contribution in [0.3, 0.4) is 0 Å². The molecule has 0 fully saturated rings. The minimum absolute atomic E-state index is 0.155. The van der Waals surface area contributed by atoms with E-state index in [1.54, 1.807) is 25.5 Å². The zero-order chi connectivity index (χ0) is 14.4. The summed E-state index contributed by atoms with van der Waals surface area (Å²) in [6.07, 6.45) is 4.84. The molecule has 0 bridgehead atoms. The van der Waals surface area contributed by atoms with Gasteiger partial charge < -0.3 is 14.5 Å². The topological polar surface area (TPSA) is 51.5 Å². The van der Waals surface area contributed by atoms with Crippen molar-refractivity contribution in [3.63, 3.8) is 0 Å². The summed E-state index contributed by atoms with van der Waals surface area (Å²) in [5.74, 6) is 1.36. The second kappa shape index (κ2) is 6.61. The Balaban J connectivity index is 1.91. The summed E-state index contributed by atoms with van der Waals surface area (Å²) in [4.78, 5) is 11.8. The van der Waals surface area contributed by atoms with Crippen LogP contribution in [0.15, 0.2) is 53.2 Å². The van der Waals surface area contributed by atoms with Crippen molar-refractivity contribution in [2.75, 3.05) is 7.11 Å².